The molecule has 1 aromatic heterocycles. The van der Waals surface area contributed by atoms with E-state index in [9.17, 15) is 9.59 Å². The molecule has 3 N–H and O–H groups in total. The van der Waals surface area contributed by atoms with E-state index in [1.54, 1.807) is 22.8 Å². The number of amides is 2. The number of nitrogens with one attached hydrogen (secondary N) is 1. The molecule has 0 aromatic carbocycles. The molecule has 0 spiro atoms. The monoisotopic (exact) mass is 293 g/mol. The highest BCUT2D eigenvalue weighted by Crippen LogP contribution is 2.21. The number of hydrogen-bond donors (Lipinski definition) is 2. The number of carbonyl (C=O) groups is 2. The number of aryl methyl sites for hydroxylation is 1. The molecular weight excluding hydrogens is 270 g/mol. The molecule has 1 fully saturated rings. The van der Waals surface area contributed by atoms with Crippen LogP contribution in [0.25, 0.3) is 0 Å². The Bertz CT molecular complexity index is 525. The summed E-state index contributed by atoms with van der Waals surface area (Å²) in [5, 5.41) is 6.87. The maximum atomic E-state index is 12.7. The van der Waals surface area contributed by atoms with Crippen molar-refractivity contribution in [2.24, 2.45) is 5.73 Å². The molecule has 1 aliphatic rings. The van der Waals surface area contributed by atoms with E-state index in [1.165, 1.54) is 0 Å². The van der Waals surface area contributed by atoms with Gasteiger partial charge in [0.25, 0.3) is 5.91 Å². The minimum atomic E-state index is -0.366. The third-order valence-electron chi connectivity index (χ3n) is 3.97. The topological polar surface area (TPSA) is 93.2 Å². The number of carbonyl (C=O) groups excluding carboxylic acids is 2. The van der Waals surface area contributed by atoms with Crippen molar-refractivity contribution < 1.29 is 9.59 Å². The molecule has 2 amide bonds. The second-order valence-corrected chi connectivity index (χ2v) is 5.28. The largest absolute Gasteiger partial charge is 0.357 e. The van der Waals surface area contributed by atoms with Gasteiger partial charge in [-0.05, 0) is 32.7 Å². The third-order valence-corrected chi connectivity index (χ3v) is 3.97. The third kappa shape index (κ3) is 3.07. The van der Waals surface area contributed by atoms with Crippen molar-refractivity contribution in [1.82, 2.24) is 20.0 Å². The van der Waals surface area contributed by atoms with Crippen LogP contribution in [0.3, 0.4) is 0 Å². The molecule has 0 bridgehead atoms. The Morgan fingerprint density at radius 1 is 1.52 bits per heavy atom. The zero-order chi connectivity index (χ0) is 15.4. The van der Waals surface area contributed by atoms with E-state index in [0.29, 0.717) is 31.6 Å². The smallest absolute Gasteiger partial charge is 0.258 e. The van der Waals surface area contributed by atoms with Gasteiger partial charge in [0, 0.05) is 25.8 Å². The lowest BCUT2D eigenvalue weighted by atomic mass is 10.1. The summed E-state index contributed by atoms with van der Waals surface area (Å²) >= 11 is 0. The summed E-state index contributed by atoms with van der Waals surface area (Å²) < 4.78 is 1.80. The molecule has 21 heavy (non-hydrogen) atoms. The first-order valence-corrected chi connectivity index (χ1v) is 7.35. The molecule has 116 valence electrons. The Hall–Kier alpha value is -1.89. The van der Waals surface area contributed by atoms with Crippen molar-refractivity contribution in [2.75, 3.05) is 20.1 Å². The first-order valence-electron chi connectivity index (χ1n) is 7.35. The van der Waals surface area contributed by atoms with Crippen LogP contribution in [0.4, 0.5) is 0 Å². The van der Waals surface area contributed by atoms with E-state index in [1.807, 2.05) is 6.92 Å². The molecule has 2 heterocycles. The number of nitrogens with zero attached hydrogens (tertiary/aromatic N) is 3. The fourth-order valence-corrected chi connectivity index (χ4v) is 2.73. The highest BCUT2D eigenvalue weighted by molar-refractivity contribution is 5.98. The number of hydrogen-bond acceptors (Lipinski definition) is 4. The predicted molar refractivity (Wildman–Crippen MR) is 78.8 cm³/mol. The van der Waals surface area contributed by atoms with Crippen LogP contribution in [-0.2, 0) is 11.3 Å². The van der Waals surface area contributed by atoms with Gasteiger partial charge in [-0.3, -0.25) is 14.3 Å². The van der Waals surface area contributed by atoms with Crippen LogP contribution in [-0.4, -0.2) is 52.7 Å². The van der Waals surface area contributed by atoms with Crippen molar-refractivity contribution in [3.05, 3.63) is 17.5 Å². The summed E-state index contributed by atoms with van der Waals surface area (Å²) in [4.78, 5) is 26.2. The van der Waals surface area contributed by atoms with Crippen LogP contribution < -0.4 is 11.1 Å². The summed E-state index contributed by atoms with van der Waals surface area (Å²) in [6.45, 7) is 3.79. The van der Waals surface area contributed by atoms with Gasteiger partial charge >= 0.3 is 0 Å². The molecule has 1 atom stereocenters. The SMILES string of the molecule is CNC(=O)C1CCCN1C(=O)c1cnn(CCCN)c1C. The number of likely N-dealkylation sites (N-methyl/N-ethyl adjacent to an activating group) is 1. The molecular formula is C14H23N5O2. The van der Waals surface area contributed by atoms with Crippen LogP contribution in [0, 0.1) is 6.92 Å². The quantitative estimate of drug-likeness (QED) is 0.792. The van der Waals surface area contributed by atoms with Gasteiger partial charge < -0.3 is 16.0 Å². The molecule has 1 aliphatic heterocycles. The molecule has 7 heteroatoms. The molecule has 0 saturated carbocycles. The highest BCUT2D eigenvalue weighted by Gasteiger charge is 2.35. The Morgan fingerprint density at radius 2 is 2.29 bits per heavy atom. The van der Waals surface area contributed by atoms with Gasteiger partial charge in [0.05, 0.1) is 11.8 Å². The van der Waals surface area contributed by atoms with Gasteiger partial charge in [-0.25, -0.2) is 0 Å². The Balaban J connectivity index is 2.16. The first-order chi connectivity index (χ1) is 10.1. The maximum absolute atomic E-state index is 12.7. The second kappa shape index (κ2) is 6.71. The van der Waals surface area contributed by atoms with Crippen molar-refractivity contribution in [2.45, 2.75) is 38.8 Å². The lowest BCUT2D eigenvalue weighted by Crippen LogP contribution is -2.45. The lowest BCUT2D eigenvalue weighted by molar-refractivity contribution is -0.124. The van der Waals surface area contributed by atoms with Crippen molar-refractivity contribution in [1.29, 1.82) is 0 Å². The molecule has 0 radical (unpaired) electrons. The number of rotatable bonds is 5. The Kier molecular flexibility index (Phi) is 4.95. The zero-order valence-electron chi connectivity index (χ0n) is 12.6. The van der Waals surface area contributed by atoms with Gasteiger partial charge in [-0.2, -0.15) is 5.10 Å². The van der Waals surface area contributed by atoms with Gasteiger partial charge in [0.2, 0.25) is 5.91 Å². The minimum Gasteiger partial charge on any atom is -0.357 e. The van der Waals surface area contributed by atoms with E-state index >= 15 is 0 Å². The molecule has 7 nitrogen and oxygen atoms in total. The van der Waals surface area contributed by atoms with Crippen LogP contribution >= 0.6 is 0 Å². The van der Waals surface area contributed by atoms with E-state index in [4.69, 9.17) is 5.73 Å². The fourth-order valence-electron chi connectivity index (χ4n) is 2.73. The summed E-state index contributed by atoms with van der Waals surface area (Å²) in [6, 6.07) is -0.366. The van der Waals surface area contributed by atoms with Gasteiger partial charge in [0.15, 0.2) is 0 Å². The molecule has 2 rings (SSSR count). The maximum Gasteiger partial charge on any atom is 0.258 e. The lowest BCUT2D eigenvalue weighted by Gasteiger charge is -2.23. The molecule has 1 aromatic rings. The average Bonchev–Trinajstić information content (AvgIpc) is 3.11. The van der Waals surface area contributed by atoms with Gasteiger partial charge in [-0.15, -0.1) is 0 Å². The second-order valence-electron chi connectivity index (χ2n) is 5.28. The van der Waals surface area contributed by atoms with Crippen LogP contribution in [0.1, 0.15) is 35.3 Å². The molecule has 1 unspecified atom stereocenters. The van der Waals surface area contributed by atoms with Crippen LogP contribution in [0.5, 0.6) is 0 Å². The van der Waals surface area contributed by atoms with Gasteiger partial charge in [-0.1, -0.05) is 0 Å². The fraction of sp³-hybridized carbons (Fsp3) is 0.643. The number of aromatic nitrogens is 2. The van der Waals surface area contributed by atoms with Crippen molar-refractivity contribution in [3.8, 4) is 0 Å². The number of likely N-dealkylation sites (tertiary alicyclic amines) is 1. The minimum absolute atomic E-state index is 0.103. The van der Waals surface area contributed by atoms with Crippen LogP contribution in [0.15, 0.2) is 6.20 Å². The average molecular weight is 293 g/mol. The Morgan fingerprint density at radius 3 is 2.95 bits per heavy atom. The van der Waals surface area contributed by atoms with Gasteiger partial charge in [0.1, 0.15) is 6.04 Å². The van der Waals surface area contributed by atoms with E-state index in [-0.39, 0.29) is 17.9 Å². The Labute approximate surface area is 124 Å². The summed E-state index contributed by atoms with van der Waals surface area (Å²) in [6.07, 6.45) is 3.98. The van der Waals surface area contributed by atoms with E-state index in [0.717, 1.165) is 18.5 Å². The zero-order valence-corrected chi connectivity index (χ0v) is 12.6. The summed E-state index contributed by atoms with van der Waals surface area (Å²) in [5.74, 6) is -0.216. The van der Waals surface area contributed by atoms with E-state index < -0.39 is 0 Å². The van der Waals surface area contributed by atoms with Crippen molar-refractivity contribution >= 4 is 11.8 Å². The van der Waals surface area contributed by atoms with Crippen molar-refractivity contribution in [3.63, 3.8) is 0 Å². The van der Waals surface area contributed by atoms with Crippen LogP contribution in [0.2, 0.25) is 0 Å². The highest BCUT2D eigenvalue weighted by atomic mass is 16.2. The summed E-state index contributed by atoms with van der Waals surface area (Å²) in [5.41, 5.74) is 6.90. The predicted octanol–water partition coefficient (Wildman–Crippen LogP) is -0.109. The van der Waals surface area contributed by atoms with E-state index in [2.05, 4.69) is 10.4 Å². The number of nitrogens with two attached hydrogens (primary N) is 1. The normalized spacial score (nSPS) is 18.0. The molecule has 1 saturated heterocycles. The summed E-state index contributed by atoms with van der Waals surface area (Å²) in [7, 11) is 1.60. The standard InChI is InChI=1S/C14H23N5O2/c1-10-11(9-17-19(10)8-4-6-15)14(21)18-7-3-5-12(18)13(20)16-2/h9,12H,3-8,15H2,1-2H3,(H,16,20). The first kappa shape index (κ1) is 15.5. The molecule has 0 aliphatic carbocycles.